The van der Waals surface area contributed by atoms with E-state index in [9.17, 15) is 9.18 Å². The van der Waals surface area contributed by atoms with Crippen LogP contribution in [0, 0.1) is 6.92 Å². The number of rotatable bonds is 4. The van der Waals surface area contributed by atoms with Crippen LogP contribution >= 0.6 is 0 Å². The summed E-state index contributed by atoms with van der Waals surface area (Å²) in [5.41, 5.74) is 4.09. The van der Waals surface area contributed by atoms with Gasteiger partial charge in [0.15, 0.2) is 11.5 Å². The van der Waals surface area contributed by atoms with E-state index in [1.807, 2.05) is 36.1 Å². The summed E-state index contributed by atoms with van der Waals surface area (Å²) in [7, 11) is 0. The minimum Gasteiger partial charge on any atom is -0.462 e. The first-order valence-electron chi connectivity index (χ1n) is 10.2. The average Bonchev–Trinajstić information content (AvgIpc) is 3.38. The van der Waals surface area contributed by atoms with Gasteiger partial charge in [-0.05, 0) is 32.4 Å². The maximum Gasteiger partial charge on any atom is 0.342 e. The van der Waals surface area contributed by atoms with E-state index in [2.05, 4.69) is 15.1 Å². The molecule has 0 bridgehead atoms. The molecule has 0 aliphatic carbocycles. The molecule has 31 heavy (non-hydrogen) atoms. The van der Waals surface area contributed by atoms with Gasteiger partial charge in [-0.2, -0.15) is 0 Å². The minimum absolute atomic E-state index is 0.238. The highest BCUT2D eigenvalue weighted by atomic mass is 19.1. The Labute approximate surface area is 177 Å². The summed E-state index contributed by atoms with van der Waals surface area (Å²) in [6, 6.07) is 9.24. The zero-order chi connectivity index (χ0) is 21.5. The van der Waals surface area contributed by atoms with Gasteiger partial charge < -0.3 is 9.64 Å². The van der Waals surface area contributed by atoms with Crippen molar-refractivity contribution >= 4 is 28.5 Å². The van der Waals surface area contributed by atoms with Crippen LogP contribution in [-0.4, -0.2) is 56.4 Å². The molecular weight excluding hydrogens is 399 g/mol. The number of aryl methyl sites for hydroxylation is 1. The van der Waals surface area contributed by atoms with Crippen LogP contribution in [0.3, 0.4) is 0 Å². The van der Waals surface area contributed by atoms with Crippen LogP contribution in [-0.2, 0) is 4.74 Å². The molecule has 0 N–H and O–H groups in total. The van der Waals surface area contributed by atoms with E-state index >= 15 is 0 Å². The van der Waals surface area contributed by atoms with Crippen LogP contribution in [0.25, 0.3) is 28.1 Å². The van der Waals surface area contributed by atoms with Crippen LogP contribution in [0.5, 0.6) is 0 Å². The number of ether oxygens (including phenoxy) is 1. The van der Waals surface area contributed by atoms with Crippen LogP contribution in [0.1, 0.15) is 29.4 Å². The number of halogens is 1. The smallest absolute Gasteiger partial charge is 0.342 e. The van der Waals surface area contributed by atoms with Crippen molar-refractivity contribution in [2.24, 2.45) is 0 Å². The first-order valence-corrected chi connectivity index (χ1v) is 10.2. The molecule has 1 atom stereocenters. The highest BCUT2D eigenvalue weighted by Gasteiger charge is 2.26. The second kappa shape index (κ2) is 7.57. The van der Waals surface area contributed by atoms with Crippen LogP contribution in [0.2, 0.25) is 0 Å². The van der Waals surface area contributed by atoms with Gasteiger partial charge in [0.1, 0.15) is 23.1 Å². The van der Waals surface area contributed by atoms with Crippen molar-refractivity contribution in [3.8, 4) is 11.4 Å². The van der Waals surface area contributed by atoms with E-state index in [1.54, 1.807) is 23.7 Å². The van der Waals surface area contributed by atoms with Gasteiger partial charge >= 0.3 is 5.97 Å². The topological polar surface area (TPSA) is 85.5 Å². The van der Waals surface area contributed by atoms with Crippen molar-refractivity contribution in [2.75, 3.05) is 24.6 Å². The fourth-order valence-corrected chi connectivity index (χ4v) is 3.85. The maximum absolute atomic E-state index is 13.8. The molecule has 1 aliphatic rings. The van der Waals surface area contributed by atoms with Gasteiger partial charge in [-0.3, -0.25) is 0 Å². The Bertz CT molecular complexity index is 1300. The van der Waals surface area contributed by atoms with Gasteiger partial charge in [0.05, 0.1) is 36.1 Å². The molecule has 0 saturated carbocycles. The summed E-state index contributed by atoms with van der Waals surface area (Å²) in [6.45, 7) is 4.64. The number of fused-ring (bicyclic) bond motifs is 2. The molecule has 5 rings (SSSR count). The van der Waals surface area contributed by atoms with Crippen LogP contribution in [0.15, 0.2) is 36.5 Å². The Morgan fingerprint density at radius 3 is 2.71 bits per heavy atom. The van der Waals surface area contributed by atoms with Crippen molar-refractivity contribution in [3.63, 3.8) is 0 Å². The molecule has 4 heterocycles. The molecule has 0 spiro atoms. The lowest BCUT2D eigenvalue weighted by molar-refractivity contribution is 0.0528. The van der Waals surface area contributed by atoms with Gasteiger partial charge in [-0.15, -0.1) is 5.10 Å². The van der Waals surface area contributed by atoms with Crippen molar-refractivity contribution in [1.29, 1.82) is 0 Å². The number of hydrogen-bond acceptors (Lipinski definition) is 7. The number of carbonyl (C=O) groups excluding carboxylic acids is 1. The number of alkyl halides is 1. The maximum atomic E-state index is 13.8. The zero-order valence-corrected chi connectivity index (χ0v) is 17.2. The summed E-state index contributed by atoms with van der Waals surface area (Å²) >= 11 is 0. The van der Waals surface area contributed by atoms with E-state index in [0.29, 0.717) is 35.8 Å². The standard InChI is InChI=1S/C22H21FN6O2/c1-3-31-22(30)15-10-19(28-9-8-14(23)11-28)27-29-12-18(26-21(15)29)20-13(2)24-16-6-4-5-7-17(16)25-20/h4-7,10,12,14H,3,8-9,11H2,1-2H3/t14-/m1/s1. The van der Waals surface area contributed by atoms with Crippen molar-refractivity contribution in [2.45, 2.75) is 26.4 Å². The molecule has 3 aromatic heterocycles. The highest BCUT2D eigenvalue weighted by Crippen LogP contribution is 2.27. The Hall–Kier alpha value is -3.62. The van der Waals surface area contributed by atoms with Crippen molar-refractivity contribution in [3.05, 3.63) is 47.8 Å². The molecule has 0 unspecified atom stereocenters. The molecule has 1 aromatic carbocycles. The fraction of sp³-hybridized carbons (Fsp3) is 0.318. The number of para-hydroxylation sites is 2. The molecule has 0 amide bonds. The fourth-order valence-electron chi connectivity index (χ4n) is 3.85. The van der Waals surface area contributed by atoms with Crippen molar-refractivity contribution in [1.82, 2.24) is 24.6 Å². The quantitative estimate of drug-likeness (QED) is 0.468. The van der Waals surface area contributed by atoms with Gasteiger partial charge in [0, 0.05) is 12.6 Å². The van der Waals surface area contributed by atoms with Gasteiger partial charge in [0.25, 0.3) is 0 Å². The first-order chi connectivity index (χ1) is 15.0. The lowest BCUT2D eigenvalue weighted by Gasteiger charge is -2.17. The Morgan fingerprint density at radius 2 is 2.00 bits per heavy atom. The third-order valence-electron chi connectivity index (χ3n) is 5.35. The molecule has 1 saturated heterocycles. The van der Waals surface area contributed by atoms with Gasteiger partial charge in [0.2, 0.25) is 0 Å². The molecular formula is C22H21FN6O2. The molecule has 0 radical (unpaired) electrons. The number of carbonyl (C=O) groups is 1. The monoisotopic (exact) mass is 420 g/mol. The normalized spacial score (nSPS) is 16.4. The van der Waals surface area contributed by atoms with E-state index in [-0.39, 0.29) is 18.7 Å². The van der Waals surface area contributed by atoms with Gasteiger partial charge in [-0.1, -0.05) is 12.1 Å². The third-order valence-corrected chi connectivity index (χ3v) is 5.35. The Kier molecular flexibility index (Phi) is 4.72. The van der Waals surface area contributed by atoms with Crippen LogP contribution in [0.4, 0.5) is 10.2 Å². The largest absolute Gasteiger partial charge is 0.462 e. The number of imidazole rings is 1. The predicted molar refractivity (Wildman–Crippen MR) is 114 cm³/mol. The third kappa shape index (κ3) is 3.45. The number of aromatic nitrogens is 5. The number of nitrogens with zero attached hydrogens (tertiary/aromatic N) is 6. The van der Waals surface area contributed by atoms with E-state index in [4.69, 9.17) is 9.72 Å². The predicted octanol–water partition coefficient (Wildman–Crippen LogP) is 3.37. The molecule has 1 fully saturated rings. The first kappa shape index (κ1) is 19.3. The summed E-state index contributed by atoms with van der Waals surface area (Å²) in [5, 5.41) is 4.59. The average molecular weight is 420 g/mol. The number of benzene rings is 1. The number of anilines is 1. The number of hydrogen-bond donors (Lipinski definition) is 0. The minimum atomic E-state index is -0.905. The lowest BCUT2D eigenvalue weighted by Crippen LogP contribution is -2.23. The SMILES string of the molecule is CCOC(=O)c1cc(N2CC[C@@H](F)C2)nn2cc(-c3nc4ccccc4nc3C)nc12. The molecule has 9 heteroatoms. The molecule has 1 aliphatic heterocycles. The zero-order valence-electron chi connectivity index (χ0n) is 17.2. The lowest BCUT2D eigenvalue weighted by atomic mass is 10.2. The van der Waals surface area contributed by atoms with E-state index < -0.39 is 12.1 Å². The Balaban J connectivity index is 1.67. The molecule has 8 nitrogen and oxygen atoms in total. The summed E-state index contributed by atoms with van der Waals surface area (Å²) in [6.07, 6.45) is 1.25. The molecule has 158 valence electrons. The van der Waals surface area contributed by atoms with Crippen molar-refractivity contribution < 1.29 is 13.9 Å². The second-order valence-corrected chi connectivity index (χ2v) is 7.51. The van der Waals surface area contributed by atoms with E-state index in [0.717, 1.165) is 16.7 Å². The summed E-state index contributed by atoms with van der Waals surface area (Å²) in [4.78, 5) is 28.5. The molecule has 4 aromatic rings. The summed E-state index contributed by atoms with van der Waals surface area (Å²) in [5.74, 6) is 0.0200. The van der Waals surface area contributed by atoms with Crippen LogP contribution < -0.4 is 4.90 Å². The Morgan fingerprint density at radius 1 is 1.23 bits per heavy atom. The highest BCUT2D eigenvalue weighted by molar-refractivity contribution is 5.97. The van der Waals surface area contributed by atoms with Gasteiger partial charge in [-0.25, -0.2) is 28.7 Å². The second-order valence-electron chi connectivity index (χ2n) is 7.51. The van der Waals surface area contributed by atoms with E-state index in [1.165, 1.54) is 0 Å². The number of esters is 1. The summed E-state index contributed by atoms with van der Waals surface area (Å²) < 4.78 is 20.5.